The van der Waals surface area contributed by atoms with Gasteiger partial charge in [0.05, 0.1) is 11.6 Å². The van der Waals surface area contributed by atoms with Crippen molar-refractivity contribution < 1.29 is 9.84 Å². The number of hydrogen-bond donors (Lipinski definition) is 2. The molecule has 0 amide bonds. The molecule has 0 aromatic heterocycles. The fraction of sp³-hybridized carbons (Fsp3) is 0.500. The number of nitrogens with one attached hydrogen (secondary N) is 1. The van der Waals surface area contributed by atoms with Crippen molar-refractivity contribution in [2.45, 2.75) is 6.10 Å². The second-order valence-electron chi connectivity index (χ2n) is 4.65. The van der Waals surface area contributed by atoms with E-state index < -0.39 is 6.10 Å². The molecule has 1 unspecified atom stereocenters. The minimum Gasteiger partial charge on any atom is -0.491 e. The summed E-state index contributed by atoms with van der Waals surface area (Å²) in [6.07, 6.45) is -0.492. The molecule has 5 nitrogen and oxygen atoms in total. The Kier molecular flexibility index (Phi) is 5.16. The van der Waals surface area contributed by atoms with Crippen LogP contribution < -0.4 is 10.1 Å². The number of aliphatic hydroxyl groups is 1. The minimum atomic E-state index is -0.492. The molecule has 0 saturated carbocycles. The first kappa shape index (κ1) is 13.8. The molecule has 1 heterocycles. The van der Waals surface area contributed by atoms with E-state index in [1.54, 1.807) is 24.3 Å². The van der Waals surface area contributed by atoms with Crippen molar-refractivity contribution in [1.29, 1.82) is 5.26 Å². The van der Waals surface area contributed by atoms with Crippen LogP contribution in [0.1, 0.15) is 5.56 Å². The molecule has 19 heavy (non-hydrogen) atoms. The lowest BCUT2D eigenvalue weighted by Gasteiger charge is -2.28. The Bertz CT molecular complexity index is 421. The third-order valence-electron chi connectivity index (χ3n) is 3.10. The molecule has 1 saturated heterocycles. The van der Waals surface area contributed by atoms with E-state index in [1.165, 1.54) is 0 Å². The Labute approximate surface area is 113 Å². The number of nitrogens with zero attached hydrogens (tertiary/aromatic N) is 2. The fourth-order valence-corrected chi connectivity index (χ4v) is 2.06. The van der Waals surface area contributed by atoms with Gasteiger partial charge in [0.25, 0.3) is 0 Å². The predicted octanol–water partition coefficient (Wildman–Crippen LogP) is 0.203. The van der Waals surface area contributed by atoms with Crippen LogP contribution in [0, 0.1) is 11.3 Å². The van der Waals surface area contributed by atoms with Crippen molar-refractivity contribution in [2.24, 2.45) is 0 Å². The Morgan fingerprint density at radius 3 is 2.63 bits per heavy atom. The number of hydrogen-bond acceptors (Lipinski definition) is 5. The van der Waals surface area contributed by atoms with E-state index in [4.69, 9.17) is 10.00 Å². The summed E-state index contributed by atoms with van der Waals surface area (Å²) >= 11 is 0. The van der Waals surface area contributed by atoms with E-state index in [-0.39, 0.29) is 6.61 Å². The highest BCUT2D eigenvalue weighted by molar-refractivity contribution is 5.34. The Morgan fingerprint density at radius 2 is 2.00 bits per heavy atom. The molecule has 2 rings (SSSR count). The van der Waals surface area contributed by atoms with Crippen molar-refractivity contribution in [1.82, 2.24) is 10.2 Å². The summed E-state index contributed by atoms with van der Waals surface area (Å²) in [6, 6.07) is 8.96. The van der Waals surface area contributed by atoms with Crippen molar-refractivity contribution in [3.8, 4) is 11.8 Å². The maximum absolute atomic E-state index is 9.92. The lowest BCUT2D eigenvalue weighted by Crippen LogP contribution is -2.47. The molecule has 102 valence electrons. The van der Waals surface area contributed by atoms with E-state index in [9.17, 15) is 5.11 Å². The SMILES string of the molecule is N#Cc1ccc(OCC(O)CN2CCNCC2)cc1. The average Bonchev–Trinajstić information content (AvgIpc) is 2.47. The zero-order valence-electron chi connectivity index (χ0n) is 10.9. The summed E-state index contributed by atoms with van der Waals surface area (Å²) in [5, 5.41) is 21.9. The molecule has 0 bridgehead atoms. The number of rotatable bonds is 5. The van der Waals surface area contributed by atoms with E-state index in [0.29, 0.717) is 17.9 Å². The number of nitriles is 1. The van der Waals surface area contributed by atoms with E-state index >= 15 is 0 Å². The lowest BCUT2D eigenvalue weighted by molar-refractivity contribution is 0.0641. The Morgan fingerprint density at radius 1 is 1.32 bits per heavy atom. The standard InChI is InChI=1S/C14H19N3O2/c15-9-12-1-3-14(4-2-12)19-11-13(18)10-17-7-5-16-6-8-17/h1-4,13,16,18H,5-8,10-11H2. The number of aliphatic hydroxyl groups excluding tert-OH is 1. The molecule has 5 heteroatoms. The van der Waals surface area contributed by atoms with Crippen LogP contribution in [0.15, 0.2) is 24.3 Å². The quantitative estimate of drug-likeness (QED) is 0.792. The van der Waals surface area contributed by atoms with Gasteiger partial charge in [0.15, 0.2) is 0 Å². The maximum Gasteiger partial charge on any atom is 0.119 e. The molecular formula is C14H19N3O2. The first-order valence-electron chi connectivity index (χ1n) is 6.52. The summed E-state index contributed by atoms with van der Waals surface area (Å²) in [5.74, 6) is 0.679. The lowest BCUT2D eigenvalue weighted by atomic mass is 10.2. The first-order chi connectivity index (χ1) is 9.28. The second-order valence-corrected chi connectivity index (χ2v) is 4.65. The summed E-state index contributed by atoms with van der Waals surface area (Å²) in [7, 11) is 0. The van der Waals surface area contributed by atoms with Crippen molar-refractivity contribution in [2.75, 3.05) is 39.3 Å². The summed E-state index contributed by atoms with van der Waals surface area (Å²) in [4.78, 5) is 2.23. The molecular weight excluding hydrogens is 242 g/mol. The monoisotopic (exact) mass is 261 g/mol. The fourth-order valence-electron chi connectivity index (χ4n) is 2.06. The molecule has 1 fully saturated rings. The number of ether oxygens (including phenoxy) is 1. The molecule has 1 aliphatic rings. The predicted molar refractivity (Wildman–Crippen MR) is 72.0 cm³/mol. The van der Waals surface area contributed by atoms with Gasteiger partial charge in [-0.1, -0.05) is 0 Å². The van der Waals surface area contributed by atoms with E-state index in [2.05, 4.69) is 16.3 Å². The van der Waals surface area contributed by atoms with Crippen molar-refractivity contribution in [3.63, 3.8) is 0 Å². The van der Waals surface area contributed by atoms with Crippen LogP contribution in [0.2, 0.25) is 0 Å². The third kappa shape index (κ3) is 4.52. The summed E-state index contributed by atoms with van der Waals surface area (Å²) in [5.41, 5.74) is 0.605. The van der Waals surface area contributed by atoms with E-state index in [0.717, 1.165) is 26.2 Å². The average molecular weight is 261 g/mol. The van der Waals surface area contributed by atoms with Crippen LogP contribution >= 0.6 is 0 Å². The van der Waals surface area contributed by atoms with Gasteiger partial charge in [-0.3, -0.25) is 4.90 Å². The third-order valence-corrected chi connectivity index (χ3v) is 3.10. The smallest absolute Gasteiger partial charge is 0.119 e. The Balaban J connectivity index is 1.73. The van der Waals surface area contributed by atoms with Crippen LogP contribution in [0.4, 0.5) is 0 Å². The normalized spacial score (nSPS) is 17.7. The number of piperazine rings is 1. The Hall–Kier alpha value is -1.61. The van der Waals surface area contributed by atoms with Gasteiger partial charge in [0.1, 0.15) is 18.5 Å². The van der Waals surface area contributed by atoms with Gasteiger partial charge in [-0.25, -0.2) is 0 Å². The van der Waals surface area contributed by atoms with Gasteiger partial charge in [-0.05, 0) is 24.3 Å². The number of benzene rings is 1. The van der Waals surface area contributed by atoms with Crippen LogP contribution in [0.25, 0.3) is 0 Å². The molecule has 1 aromatic rings. The molecule has 1 aliphatic heterocycles. The van der Waals surface area contributed by atoms with Crippen molar-refractivity contribution >= 4 is 0 Å². The topological polar surface area (TPSA) is 68.5 Å². The molecule has 0 radical (unpaired) electrons. The minimum absolute atomic E-state index is 0.274. The van der Waals surface area contributed by atoms with Crippen LogP contribution in [-0.2, 0) is 0 Å². The highest BCUT2D eigenvalue weighted by Gasteiger charge is 2.14. The van der Waals surface area contributed by atoms with Crippen molar-refractivity contribution in [3.05, 3.63) is 29.8 Å². The van der Waals surface area contributed by atoms with Gasteiger partial charge in [-0.2, -0.15) is 5.26 Å². The van der Waals surface area contributed by atoms with Crippen LogP contribution in [-0.4, -0.2) is 55.4 Å². The second kappa shape index (κ2) is 7.10. The highest BCUT2D eigenvalue weighted by atomic mass is 16.5. The van der Waals surface area contributed by atoms with Crippen LogP contribution in [0.3, 0.4) is 0 Å². The zero-order valence-corrected chi connectivity index (χ0v) is 10.9. The maximum atomic E-state index is 9.92. The molecule has 2 N–H and O–H groups in total. The first-order valence-corrected chi connectivity index (χ1v) is 6.52. The largest absolute Gasteiger partial charge is 0.491 e. The number of β-amino-alcohol motifs (C(OH)–C–C–N with tert-alkyl or cyclic N) is 1. The molecule has 1 atom stereocenters. The zero-order chi connectivity index (χ0) is 13.5. The van der Waals surface area contributed by atoms with Gasteiger partial charge in [0, 0.05) is 32.7 Å². The van der Waals surface area contributed by atoms with E-state index in [1.807, 2.05) is 0 Å². The van der Waals surface area contributed by atoms with Gasteiger partial charge in [-0.15, -0.1) is 0 Å². The summed E-state index contributed by atoms with van der Waals surface area (Å²) < 4.78 is 5.51. The molecule has 0 aliphatic carbocycles. The van der Waals surface area contributed by atoms with Gasteiger partial charge in [0.2, 0.25) is 0 Å². The molecule has 0 spiro atoms. The summed E-state index contributed by atoms with van der Waals surface area (Å²) in [6.45, 7) is 4.79. The molecule has 1 aromatic carbocycles. The van der Waals surface area contributed by atoms with Gasteiger partial charge < -0.3 is 15.2 Å². The van der Waals surface area contributed by atoms with Crippen LogP contribution in [0.5, 0.6) is 5.75 Å². The van der Waals surface area contributed by atoms with Gasteiger partial charge >= 0.3 is 0 Å². The highest BCUT2D eigenvalue weighted by Crippen LogP contribution is 2.11.